The lowest BCUT2D eigenvalue weighted by Gasteiger charge is -2.50. The molecular weight excluding hydrogens is 274 g/mol. The summed E-state index contributed by atoms with van der Waals surface area (Å²) in [5.74, 6) is -3.02. The molecule has 7 nitrogen and oxygen atoms in total. The second kappa shape index (κ2) is 4.36. The number of hydrogen-bond acceptors (Lipinski definition) is 7. The standard InChI is InChI=1S/C14H13N3O4/c18-12-13(19)21-14(20-12)11(7-10-8-15-3-4-16-10)9-1-5-17(14)6-2-9/h3-4,7-9H,1-2,5-6H2/b11-7+. The molecule has 0 amide bonds. The summed E-state index contributed by atoms with van der Waals surface area (Å²) in [5, 5.41) is 0. The van der Waals surface area contributed by atoms with Gasteiger partial charge in [-0.1, -0.05) is 0 Å². The van der Waals surface area contributed by atoms with Crippen molar-refractivity contribution in [2.45, 2.75) is 18.8 Å². The predicted molar refractivity (Wildman–Crippen MR) is 69.2 cm³/mol. The molecule has 4 saturated heterocycles. The maximum absolute atomic E-state index is 11.5. The van der Waals surface area contributed by atoms with Crippen molar-refractivity contribution < 1.29 is 19.1 Å². The van der Waals surface area contributed by atoms with Gasteiger partial charge in [0.25, 0.3) is 0 Å². The Morgan fingerprint density at radius 1 is 1.19 bits per heavy atom. The minimum absolute atomic E-state index is 0.218. The molecule has 1 aromatic heterocycles. The van der Waals surface area contributed by atoms with Crippen LogP contribution in [0.25, 0.3) is 6.08 Å². The van der Waals surface area contributed by atoms with Gasteiger partial charge in [-0.3, -0.25) is 9.97 Å². The van der Waals surface area contributed by atoms with Crippen LogP contribution in [0.4, 0.5) is 0 Å². The first-order chi connectivity index (χ1) is 10.2. The molecule has 0 saturated carbocycles. The van der Waals surface area contributed by atoms with Crippen LogP contribution in [0.1, 0.15) is 18.5 Å². The third-order valence-electron chi connectivity index (χ3n) is 4.23. The summed E-state index contributed by atoms with van der Waals surface area (Å²) in [5.41, 5.74) is 1.43. The Hall–Kier alpha value is -2.28. The maximum atomic E-state index is 11.5. The average molecular weight is 287 g/mol. The van der Waals surface area contributed by atoms with Crippen molar-refractivity contribution in [3.8, 4) is 0 Å². The average Bonchev–Trinajstić information content (AvgIpc) is 2.80. The van der Waals surface area contributed by atoms with E-state index in [2.05, 4.69) is 9.97 Å². The number of aromatic nitrogens is 2. The molecule has 21 heavy (non-hydrogen) atoms. The number of hydrogen-bond donors (Lipinski definition) is 0. The SMILES string of the molecule is O=C1OC2(OC1=O)/C(=C/c1cnccn1)C1CCN2CC1. The van der Waals surface area contributed by atoms with Crippen LogP contribution < -0.4 is 0 Å². The van der Waals surface area contributed by atoms with Gasteiger partial charge in [0.2, 0.25) is 0 Å². The smallest absolute Gasteiger partial charge is 0.396 e. The Balaban J connectivity index is 1.81. The summed E-state index contributed by atoms with van der Waals surface area (Å²) in [7, 11) is 0. The molecule has 7 heteroatoms. The van der Waals surface area contributed by atoms with E-state index < -0.39 is 17.8 Å². The summed E-state index contributed by atoms with van der Waals surface area (Å²) in [6.45, 7) is 1.48. The van der Waals surface area contributed by atoms with Crippen LogP contribution in [0.3, 0.4) is 0 Å². The molecule has 1 aromatic rings. The number of fused-ring (bicyclic) bond motifs is 2. The van der Waals surface area contributed by atoms with Gasteiger partial charge in [0.05, 0.1) is 11.9 Å². The molecule has 4 aliphatic rings. The van der Waals surface area contributed by atoms with E-state index in [-0.39, 0.29) is 5.92 Å². The van der Waals surface area contributed by atoms with Crippen LogP contribution in [-0.2, 0) is 19.1 Å². The highest BCUT2D eigenvalue weighted by Crippen LogP contribution is 2.47. The third-order valence-corrected chi connectivity index (χ3v) is 4.23. The van der Waals surface area contributed by atoms with E-state index in [4.69, 9.17) is 9.47 Å². The lowest BCUT2D eigenvalue weighted by atomic mass is 9.80. The first-order valence-corrected chi connectivity index (χ1v) is 6.88. The lowest BCUT2D eigenvalue weighted by molar-refractivity contribution is -0.251. The molecule has 0 aromatic carbocycles. The van der Waals surface area contributed by atoms with Crippen molar-refractivity contribution in [3.63, 3.8) is 0 Å². The number of rotatable bonds is 1. The molecule has 0 atom stereocenters. The molecule has 0 aliphatic carbocycles. The van der Waals surface area contributed by atoms with Crippen LogP contribution in [-0.4, -0.2) is 45.8 Å². The van der Waals surface area contributed by atoms with Crippen LogP contribution in [0.5, 0.6) is 0 Å². The number of carbonyl (C=O) groups excluding carboxylic acids is 2. The predicted octanol–water partition coefficient (Wildman–Crippen LogP) is 0.339. The van der Waals surface area contributed by atoms with Crippen LogP contribution >= 0.6 is 0 Å². The fourth-order valence-corrected chi connectivity index (χ4v) is 3.28. The van der Waals surface area contributed by atoms with E-state index in [1.54, 1.807) is 18.6 Å². The van der Waals surface area contributed by atoms with Crippen LogP contribution in [0, 0.1) is 5.92 Å². The number of piperidine rings is 3. The number of esters is 2. The molecule has 2 bridgehead atoms. The minimum Gasteiger partial charge on any atom is -0.396 e. The van der Waals surface area contributed by atoms with Gasteiger partial charge < -0.3 is 9.47 Å². The van der Waals surface area contributed by atoms with Crippen molar-refractivity contribution in [2.24, 2.45) is 5.92 Å². The highest BCUT2D eigenvalue weighted by atomic mass is 16.8. The van der Waals surface area contributed by atoms with Crippen molar-refractivity contribution in [1.82, 2.24) is 14.9 Å². The van der Waals surface area contributed by atoms with Crippen molar-refractivity contribution in [2.75, 3.05) is 13.1 Å². The van der Waals surface area contributed by atoms with E-state index in [0.717, 1.165) is 31.5 Å². The minimum atomic E-state index is -1.37. The Morgan fingerprint density at radius 2 is 1.90 bits per heavy atom. The fraction of sp³-hybridized carbons (Fsp3) is 0.429. The van der Waals surface area contributed by atoms with Gasteiger partial charge >= 0.3 is 17.8 Å². The van der Waals surface area contributed by atoms with Crippen molar-refractivity contribution in [1.29, 1.82) is 0 Å². The molecule has 0 unspecified atom stereocenters. The van der Waals surface area contributed by atoms with Gasteiger partial charge in [0.1, 0.15) is 0 Å². The highest BCUT2D eigenvalue weighted by molar-refractivity contribution is 6.31. The number of ether oxygens (including phenoxy) is 2. The molecular formula is C14H13N3O4. The monoisotopic (exact) mass is 287 g/mol. The zero-order valence-corrected chi connectivity index (χ0v) is 11.2. The molecule has 0 N–H and O–H groups in total. The van der Waals surface area contributed by atoms with Crippen LogP contribution in [0.2, 0.25) is 0 Å². The molecule has 1 spiro atoms. The zero-order chi connectivity index (χ0) is 14.4. The molecule has 0 radical (unpaired) electrons. The van der Waals surface area contributed by atoms with E-state index in [0.29, 0.717) is 5.69 Å². The Labute approximate surface area is 120 Å². The number of carbonyl (C=O) groups is 2. The van der Waals surface area contributed by atoms with E-state index in [1.165, 1.54) is 0 Å². The quantitative estimate of drug-likeness (QED) is 0.544. The van der Waals surface area contributed by atoms with E-state index in [1.807, 2.05) is 11.0 Å². The summed E-state index contributed by atoms with van der Waals surface area (Å²) < 4.78 is 10.6. The van der Waals surface area contributed by atoms with Gasteiger partial charge in [0.15, 0.2) is 0 Å². The fourth-order valence-electron chi connectivity index (χ4n) is 3.28. The van der Waals surface area contributed by atoms with Gasteiger partial charge in [-0.2, -0.15) is 0 Å². The van der Waals surface area contributed by atoms with Crippen molar-refractivity contribution in [3.05, 3.63) is 29.9 Å². The molecule has 108 valence electrons. The van der Waals surface area contributed by atoms with Gasteiger partial charge in [-0.25, -0.2) is 14.5 Å². The van der Waals surface area contributed by atoms with Gasteiger partial charge in [-0.15, -0.1) is 0 Å². The summed E-state index contributed by atoms with van der Waals surface area (Å²) in [4.78, 5) is 33.2. The van der Waals surface area contributed by atoms with E-state index in [9.17, 15) is 9.59 Å². The van der Waals surface area contributed by atoms with E-state index >= 15 is 0 Å². The van der Waals surface area contributed by atoms with Gasteiger partial charge in [0, 0.05) is 31.1 Å². The van der Waals surface area contributed by atoms with Crippen molar-refractivity contribution >= 4 is 18.0 Å². The second-order valence-corrected chi connectivity index (χ2v) is 5.35. The summed E-state index contributed by atoms with van der Waals surface area (Å²) in [6.07, 6.45) is 8.51. The Morgan fingerprint density at radius 3 is 2.52 bits per heavy atom. The lowest BCUT2D eigenvalue weighted by Crippen LogP contribution is -2.61. The van der Waals surface area contributed by atoms with Crippen LogP contribution in [0.15, 0.2) is 24.2 Å². The summed E-state index contributed by atoms with van der Waals surface area (Å²) >= 11 is 0. The topological polar surface area (TPSA) is 81.6 Å². The third kappa shape index (κ3) is 1.77. The summed E-state index contributed by atoms with van der Waals surface area (Å²) in [6, 6.07) is 0. The zero-order valence-electron chi connectivity index (χ0n) is 11.2. The molecule has 5 rings (SSSR count). The van der Waals surface area contributed by atoms with Gasteiger partial charge in [-0.05, 0) is 24.8 Å². The normalized spacial score (nSPS) is 31.5. The first-order valence-electron chi connectivity index (χ1n) is 6.88. The molecule has 4 aliphatic heterocycles. The Bertz CT molecular complexity index is 619. The first kappa shape index (κ1) is 12.5. The largest absolute Gasteiger partial charge is 0.422 e. The highest BCUT2D eigenvalue weighted by Gasteiger charge is 2.61. The second-order valence-electron chi connectivity index (χ2n) is 5.35. The maximum Gasteiger partial charge on any atom is 0.422 e. The number of nitrogens with zero attached hydrogens (tertiary/aromatic N) is 3. The Kier molecular flexibility index (Phi) is 2.58. The molecule has 5 heterocycles. The molecule has 4 fully saturated rings.